The third kappa shape index (κ3) is 3.42. The molecular weight excluding hydrogens is 278 g/mol. The Morgan fingerprint density at radius 1 is 1.30 bits per heavy atom. The van der Waals surface area contributed by atoms with E-state index < -0.39 is 0 Å². The summed E-state index contributed by atoms with van der Waals surface area (Å²) in [6.45, 7) is 3.28. The van der Waals surface area contributed by atoms with E-state index in [0.29, 0.717) is 24.0 Å². The van der Waals surface area contributed by atoms with E-state index in [1.54, 1.807) is 13.4 Å². The van der Waals surface area contributed by atoms with Gasteiger partial charge in [-0.2, -0.15) is 5.10 Å². The highest BCUT2D eigenvalue weighted by atomic mass is 35.5. The summed E-state index contributed by atoms with van der Waals surface area (Å²) in [5.74, 6) is 2.58. The number of nitrogens with zero attached hydrogens (tertiary/aromatic N) is 3. The van der Waals surface area contributed by atoms with E-state index in [-0.39, 0.29) is 0 Å². The zero-order valence-corrected chi connectivity index (χ0v) is 12.4. The molecule has 0 saturated carbocycles. The fourth-order valence-electron chi connectivity index (χ4n) is 1.86. The van der Waals surface area contributed by atoms with Crippen LogP contribution in [0.3, 0.4) is 0 Å². The van der Waals surface area contributed by atoms with E-state index in [9.17, 15) is 0 Å². The fourth-order valence-corrected chi connectivity index (χ4v) is 2.02. The average Bonchev–Trinajstić information content (AvgIpc) is 2.92. The molecule has 0 radical (unpaired) electrons. The molecule has 0 spiro atoms. The molecule has 0 N–H and O–H groups in total. The number of rotatable bonds is 7. The lowest BCUT2D eigenvalue weighted by molar-refractivity contribution is 0.268. The maximum Gasteiger partial charge on any atom is 0.164 e. The number of benzene rings is 1. The molecule has 0 amide bonds. The van der Waals surface area contributed by atoms with Crippen molar-refractivity contribution in [3.63, 3.8) is 0 Å². The van der Waals surface area contributed by atoms with Crippen molar-refractivity contribution in [1.82, 2.24) is 14.8 Å². The van der Waals surface area contributed by atoms with Gasteiger partial charge in [0, 0.05) is 12.4 Å². The Morgan fingerprint density at radius 3 is 2.85 bits per heavy atom. The molecule has 0 saturated heterocycles. The molecule has 0 aliphatic carbocycles. The van der Waals surface area contributed by atoms with Crippen molar-refractivity contribution in [3.8, 4) is 11.5 Å². The molecule has 1 heterocycles. The molecule has 108 valence electrons. The minimum Gasteiger partial charge on any atom is -0.493 e. The first-order chi connectivity index (χ1) is 9.78. The van der Waals surface area contributed by atoms with Crippen molar-refractivity contribution >= 4 is 11.6 Å². The minimum atomic E-state index is 0.349. The van der Waals surface area contributed by atoms with Crippen LogP contribution in [0.5, 0.6) is 11.5 Å². The van der Waals surface area contributed by atoms with Crippen LogP contribution >= 0.6 is 11.6 Å². The van der Waals surface area contributed by atoms with Gasteiger partial charge in [-0.1, -0.05) is 13.0 Å². The molecule has 1 aromatic heterocycles. The molecule has 0 bridgehead atoms. The molecule has 1 aromatic carbocycles. The van der Waals surface area contributed by atoms with Crippen LogP contribution in [0.25, 0.3) is 0 Å². The van der Waals surface area contributed by atoms with Crippen molar-refractivity contribution in [1.29, 1.82) is 0 Å². The number of aryl methyl sites for hydroxylation is 1. The third-order valence-electron chi connectivity index (χ3n) is 2.87. The Kier molecular flexibility index (Phi) is 5.24. The summed E-state index contributed by atoms with van der Waals surface area (Å²) in [5, 5.41) is 4.17. The second-order valence-electron chi connectivity index (χ2n) is 4.31. The van der Waals surface area contributed by atoms with Gasteiger partial charge in [-0.3, -0.25) is 0 Å². The molecule has 0 fully saturated rings. The zero-order valence-electron chi connectivity index (χ0n) is 11.7. The minimum absolute atomic E-state index is 0.349. The summed E-state index contributed by atoms with van der Waals surface area (Å²) in [7, 11) is 1.61. The Labute approximate surface area is 123 Å². The van der Waals surface area contributed by atoms with E-state index in [1.165, 1.54) is 0 Å². The summed E-state index contributed by atoms with van der Waals surface area (Å²) in [6.07, 6.45) is 2.54. The zero-order chi connectivity index (χ0) is 14.4. The Hall–Kier alpha value is -1.75. The van der Waals surface area contributed by atoms with Gasteiger partial charge in [0.2, 0.25) is 0 Å². The lowest BCUT2D eigenvalue weighted by atomic mass is 10.2. The van der Waals surface area contributed by atoms with Crippen LogP contribution < -0.4 is 9.47 Å². The normalized spacial score (nSPS) is 10.6. The topological polar surface area (TPSA) is 49.2 Å². The first kappa shape index (κ1) is 14.7. The highest BCUT2D eigenvalue weighted by molar-refractivity contribution is 6.17. The van der Waals surface area contributed by atoms with Gasteiger partial charge in [-0.15, -0.1) is 11.6 Å². The standard InChI is InChI=1S/C14H18ClN3O2/c1-3-6-18-14(16-10-17-18)9-20-13-7-11(8-15)4-5-12(13)19-2/h4-5,7,10H,3,6,8-9H2,1-2H3. The molecule has 5 nitrogen and oxygen atoms in total. The van der Waals surface area contributed by atoms with Crippen molar-refractivity contribution < 1.29 is 9.47 Å². The van der Waals surface area contributed by atoms with E-state index in [4.69, 9.17) is 21.1 Å². The third-order valence-corrected chi connectivity index (χ3v) is 3.18. The second kappa shape index (κ2) is 7.14. The summed E-state index contributed by atoms with van der Waals surface area (Å²) >= 11 is 5.84. The molecule has 0 unspecified atom stereocenters. The van der Waals surface area contributed by atoms with Gasteiger partial charge in [-0.05, 0) is 24.1 Å². The molecule has 6 heteroatoms. The van der Waals surface area contributed by atoms with E-state index in [1.807, 2.05) is 22.9 Å². The van der Waals surface area contributed by atoms with Crippen molar-refractivity contribution in [2.24, 2.45) is 0 Å². The highest BCUT2D eigenvalue weighted by Gasteiger charge is 2.09. The van der Waals surface area contributed by atoms with Gasteiger partial charge < -0.3 is 9.47 Å². The number of hydrogen-bond donors (Lipinski definition) is 0. The number of alkyl halides is 1. The second-order valence-corrected chi connectivity index (χ2v) is 4.57. The van der Waals surface area contributed by atoms with E-state index in [0.717, 1.165) is 24.4 Å². The summed E-state index contributed by atoms with van der Waals surface area (Å²) in [4.78, 5) is 4.21. The van der Waals surface area contributed by atoms with Crippen molar-refractivity contribution in [3.05, 3.63) is 35.9 Å². The molecule has 0 aliphatic rings. The SMILES string of the molecule is CCCn1ncnc1COc1cc(CCl)ccc1OC. The van der Waals surface area contributed by atoms with Crippen LogP contribution in [0.2, 0.25) is 0 Å². The van der Waals surface area contributed by atoms with Gasteiger partial charge >= 0.3 is 0 Å². The van der Waals surface area contributed by atoms with E-state index in [2.05, 4.69) is 17.0 Å². The predicted octanol–water partition coefficient (Wildman–Crippen LogP) is 3.01. The smallest absolute Gasteiger partial charge is 0.164 e. The van der Waals surface area contributed by atoms with Crippen LogP contribution in [0.1, 0.15) is 24.7 Å². The van der Waals surface area contributed by atoms with Crippen LogP contribution in [0.4, 0.5) is 0 Å². The predicted molar refractivity (Wildman–Crippen MR) is 77.2 cm³/mol. The Morgan fingerprint density at radius 2 is 2.15 bits per heavy atom. The number of ether oxygens (including phenoxy) is 2. The first-order valence-electron chi connectivity index (χ1n) is 6.50. The number of halogens is 1. The molecule has 2 aromatic rings. The van der Waals surface area contributed by atoms with Crippen LogP contribution in [0, 0.1) is 0 Å². The quantitative estimate of drug-likeness (QED) is 0.737. The maximum absolute atomic E-state index is 5.84. The molecule has 2 rings (SSSR count). The Bertz CT molecular complexity index is 557. The van der Waals surface area contributed by atoms with Gasteiger partial charge in [0.15, 0.2) is 17.3 Å². The number of methoxy groups -OCH3 is 1. The van der Waals surface area contributed by atoms with Crippen LogP contribution in [-0.4, -0.2) is 21.9 Å². The lowest BCUT2D eigenvalue weighted by Crippen LogP contribution is -2.09. The summed E-state index contributed by atoms with van der Waals surface area (Å²) < 4.78 is 12.9. The molecule has 20 heavy (non-hydrogen) atoms. The van der Waals surface area contributed by atoms with E-state index >= 15 is 0 Å². The first-order valence-corrected chi connectivity index (χ1v) is 7.04. The van der Waals surface area contributed by atoms with Gasteiger partial charge in [0.05, 0.1) is 7.11 Å². The summed E-state index contributed by atoms with van der Waals surface area (Å²) in [6, 6.07) is 5.65. The maximum atomic E-state index is 5.84. The highest BCUT2D eigenvalue weighted by Crippen LogP contribution is 2.29. The molecule has 0 aliphatic heterocycles. The van der Waals surface area contributed by atoms with Gasteiger partial charge in [0.25, 0.3) is 0 Å². The molecule has 0 atom stereocenters. The average molecular weight is 296 g/mol. The monoisotopic (exact) mass is 295 g/mol. The van der Waals surface area contributed by atoms with Gasteiger partial charge in [-0.25, -0.2) is 9.67 Å². The van der Waals surface area contributed by atoms with Gasteiger partial charge in [0.1, 0.15) is 12.9 Å². The lowest BCUT2D eigenvalue weighted by Gasteiger charge is -2.12. The molecular formula is C14H18ClN3O2. The van der Waals surface area contributed by atoms with Crippen molar-refractivity contribution in [2.45, 2.75) is 32.4 Å². The number of aromatic nitrogens is 3. The number of hydrogen-bond acceptors (Lipinski definition) is 4. The van der Waals surface area contributed by atoms with Crippen LogP contribution in [0.15, 0.2) is 24.5 Å². The largest absolute Gasteiger partial charge is 0.493 e. The van der Waals surface area contributed by atoms with Crippen LogP contribution in [-0.2, 0) is 19.0 Å². The van der Waals surface area contributed by atoms with Crippen molar-refractivity contribution in [2.75, 3.05) is 7.11 Å². The Balaban J connectivity index is 2.11. The fraction of sp³-hybridized carbons (Fsp3) is 0.429. The summed E-state index contributed by atoms with van der Waals surface area (Å²) in [5.41, 5.74) is 0.984.